The first kappa shape index (κ1) is 15.0. The summed E-state index contributed by atoms with van der Waals surface area (Å²) >= 11 is 0. The lowest BCUT2D eigenvalue weighted by Gasteiger charge is -2.12. The van der Waals surface area contributed by atoms with E-state index in [4.69, 9.17) is 10.00 Å². The highest BCUT2D eigenvalue weighted by Crippen LogP contribution is 2.19. The van der Waals surface area contributed by atoms with Gasteiger partial charge in [0.25, 0.3) is 0 Å². The summed E-state index contributed by atoms with van der Waals surface area (Å²) in [7, 11) is 1.55. The Labute approximate surface area is 124 Å². The van der Waals surface area contributed by atoms with Crippen molar-refractivity contribution in [3.63, 3.8) is 0 Å². The van der Waals surface area contributed by atoms with E-state index >= 15 is 0 Å². The predicted octanol–water partition coefficient (Wildman–Crippen LogP) is 2.39. The fraction of sp³-hybridized carbons (Fsp3) is 0.235. The Hall–Kier alpha value is -2.35. The zero-order valence-corrected chi connectivity index (χ0v) is 11.9. The highest BCUT2D eigenvalue weighted by atomic mass is 16.5. The number of nitrogens with one attached hydrogen (secondary N) is 1. The summed E-state index contributed by atoms with van der Waals surface area (Å²) in [5.41, 5.74) is 2.42. The van der Waals surface area contributed by atoms with Crippen molar-refractivity contribution in [2.24, 2.45) is 0 Å². The van der Waals surface area contributed by atoms with E-state index in [1.807, 2.05) is 42.5 Å². The van der Waals surface area contributed by atoms with E-state index in [1.54, 1.807) is 13.2 Å². The van der Waals surface area contributed by atoms with Crippen LogP contribution >= 0.6 is 0 Å². The summed E-state index contributed by atoms with van der Waals surface area (Å²) in [5.74, 6) is 0.570. The summed E-state index contributed by atoms with van der Waals surface area (Å²) < 4.78 is 5.17. The number of nitriles is 1. The van der Waals surface area contributed by atoms with Gasteiger partial charge in [-0.15, -0.1) is 0 Å². The van der Waals surface area contributed by atoms with Gasteiger partial charge in [0.1, 0.15) is 11.8 Å². The fourth-order valence-electron chi connectivity index (χ4n) is 2.08. The van der Waals surface area contributed by atoms with Gasteiger partial charge in [-0.3, -0.25) is 0 Å². The Balaban J connectivity index is 1.91. The number of aliphatic hydroxyl groups is 1. The normalized spacial score (nSPS) is 11.7. The third-order valence-corrected chi connectivity index (χ3v) is 3.24. The average Bonchev–Trinajstić information content (AvgIpc) is 2.55. The lowest BCUT2D eigenvalue weighted by molar-refractivity contribution is 0.174. The van der Waals surface area contributed by atoms with Gasteiger partial charge < -0.3 is 15.2 Å². The minimum atomic E-state index is -0.536. The van der Waals surface area contributed by atoms with Crippen LogP contribution in [0.25, 0.3) is 0 Å². The Morgan fingerprint density at radius 2 is 2.00 bits per heavy atom. The van der Waals surface area contributed by atoms with Gasteiger partial charge in [-0.05, 0) is 23.3 Å². The van der Waals surface area contributed by atoms with Crippen molar-refractivity contribution in [1.29, 1.82) is 5.26 Å². The van der Waals surface area contributed by atoms with Gasteiger partial charge in [0, 0.05) is 13.1 Å². The van der Waals surface area contributed by atoms with Gasteiger partial charge >= 0.3 is 0 Å². The maximum Gasteiger partial charge on any atom is 0.136 e. The summed E-state index contributed by atoms with van der Waals surface area (Å²) in [6.07, 6.45) is -0.536. The molecule has 4 heteroatoms. The van der Waals surface area contributed by atoms with E-state index in [0.29, 0.717) is 24.4 Å². The summed E-state index contributed by atoms with van der Waals surface area (Å²) in [6, 6.07) is 17.1. The SMILES string of the molecule is COc1cc(CNCC(O)c2ccccc2)ccc1C#N. The molecule has 0 aromatic heterocycles. The molecular formula is C17H18N2O2. The van der Waals surface area contributed by atoms with Crippen LogP contribution in [-0.2, 0) is 6.54 Å². The molecule has 0 aliphatic heterocycles. The summed E-state index contributed by atoms with van der Waals surface area (Å²) in [6.45, 7) is 1.07. The van der Waals surface area contributed by atoms with Crippen LogP contribution in [0, 0.1) is 11.3 Å². The number of aliphatic hydroxyl groups excluding tert-OH is 1. The first-order valence-corrected chi connectivity index (χ1v) is 6.75. The Bertz CT molecular complexity index is 620. The molecule has 21 heavy (non-hydrogen) atoms. The largest absolute Gasteiger partial charge is 0.495 e. The lowest BCUT2D eigenvalue weighted by Crippen LogP contribution is -2.21. The van der Waals surface area contributed by atoms with Crippen molar-refractivity contribution in [1.82, 2.24) is 5.32 Å². The van der Waals surface area contributed by atoms with Crippen LogP contribution in [0.15, 0.2) is 48.5 Å². The van der Waals surface area contributed by atoms with Crippen LogP contribution < -0.4 is 10.1 Å². The smallest absolute Gasteiger partial charge is 0.136 e. The molecule has 0 aliphatic carbocycles. The number of rotatable bonds is 6. The average molecular weight is 282 g/mol. The number of hydrogen-bond acceptors (Lipinski definition) is 4. The van der Waals surface area contributed by atoms with E-state index in [0.717, 1.165) is 11.1 Å². The van der Waals surface area contributed by atoms with Gasteiger partial charge in [-0.2, -0.15) is 5.26 Å². The van der Waals surface area contributed by atoms with Crippen molar-refractivity contribution in [2.75, 3.05) is 13.7 Å². The molecule has 0 aliphatic rings. The molecule has 1 unspecified atom stereocenters. The van der Waals surface area contributed by atoms with Crippen LogP contribution in [0.2, 0.25) is 0 Å². The van der Waals surface area contributed by atoms with E-state index < -0.39 is 6.10 Å². The second-order valence-electron chi connectivity index (χ2n) is 4.70. The maximum absolute atomic E-state index is 10.1. The molecule has 0 radical (unpaired) electrons. The molecule has 1 atom stereocenters. The molecule has 108 valence electrons. The number of methoxy groups -OCH3 is 1. The van der Waals surface area contributed by atoms with E-state index in [9.17, 15) is 5.11 Å². The van der Waals surface area contributed by atoms with Gasteiger partial charge in [-0.1, -0.05) is 36.4 Å². The second-order valence-corrected chi connectivity index (χ2v) is 4.70. The lowest BCUT2D eigenvalue weighted by atomic mass is 10.1. The van der Waals surface area contributed by atoms with Crippen molar-refractivity contribution in [3.8, 4) is 11.8 Å². The van der Waals surface area contributed by atoms with Crippen LogP contribution in [0.4, 0.5) is 0 Å². The minimum absolute atomic E-state index is 0.465. The highest BCUT2D eigenvalue weighted by Gasteiger charge is 2.07. The fourth-order valence-corrected chi connectivity index (χ4v) is 2.08. The molecule has 0 fully saturated rings. The standard InChI is InChI=1S/C17H18N2O2/c1-21-17-9-13(7-8-15(17)10-18)11-19-12-16(20)14-5-3-2-4-6-14/h2-9,16,19-20H,11-12H2,1H3. The molecule has 0 saturated carbocycles. The number of benzene rings is 2. The Morgan fingerprint density at radius 3 is 2.67 bits per heavy atom. The third-order valence-electron chi connectivity index (χ3n) is 3.24. The highest BCUT2D eigenvalue weighted by molar-refractivity contribution is 5.45. The second kappa shape index (κ2) is 7.44. The van der Waals surface area contributed by atoms with E-state index in [2.05, 4.69) is 11.4 Å². The molecule has 0 bridgehead atoms. The topological polar surface area (TPSA) is 65.3 Å². The molecule has 0 spiro atoms. The molecule has 0 saturated heterocycles. The van der Waals surface area contributed by atoms with Crippen LogP contribution in [-0.4, -0.2) is 18.8 Å². The zero-order chi connectivity index (χ0) is 15.1. The molecule has 0 amide bonds. The Kier molecular flexibility index (Phi) is 5.33. The minimum Gasteiger partial charge on any atom is -0.495 e. The summed E-state index contributed by atoms with van der Waals surface area (Å²) in [4.78, 5) is 0. The van der Waals surface area contributed by atoms with Gasteiger partial charge in [0.15, 0.2) is 0 Å². The number of nitrogens with zero attached hydrogens (tertiary/aromatic N) is 1. The van der Waals surface area contributed by atoms with Crippen LogP contribution in [0.3, 0.4) is 0 Å². The van der Waals surface area contributed by atoms with Crippen molar-refractivity contribution in [3.05, 3.63) is 65.2 Å². The quantitative estimate of drug-likeness (QED) is 0.854. The molecule has 4 nitrogen and oxygen atoms in total. The number of hydrogen-bond donors (Lipinski definition) is 2. The van der Waals surface area contributed by atoms with Gasteiger partial charge in [0.2, 0.25) is 0 Å². The van der Waals surface area contributed by atoms with Gasteiger partial charge in [0.05, 0.1) is 18.8 Å². The monoisotopic (exact) mass is 282 g/mol. The zero-order valence-electron chi connectivity index (χ0n) is 11.9. The first-order valence-electron chi connectivity index (χ1n) is 6.75. The third kappa shape index (κ3) is 4.06. The first-order chi connectivity index (χ1) is 10.2. The molecule has 0 heterocycles. The van der Waals surface area contributed by atoms with Crippen molar-refractivity contribution >= 4 is 0 Å². The van der Waals surface area contributed by atoms with Crippen LogP contribution in [0.1, 0.15) is 22.8 Å². The summed E-state index contributed by atoms with van der Waals surface area (Å²) in [5, 5.41) is 22.2. The van der Waals surface area contributed by atoms with E-state index in [1.165, 1.54) is 0 Å². The van der Waals surface area contributed by atoms with Crippen molar-refractivity contribution in [2.45, 2.75) is 12.6 Å². The van der Waals surface area contributed by atoms with E-state index in [-0.39, 0.29) is 0 Å². The molecule has 2 N–H and O–H groups in total. The Morgan fingerprint density at radius 1 is 1.24 bits per heavy atom. The van der Waals surface area contributed by atoms with Crippen molar-refractivity contribution < 1.29 is 9.84 Å². The van der Waals surface area contributed by atoms with Crippen LogP contribution in [0.5, 0.6) is 5.75 Å². The molecular weight excluding hydrogens is 264 g/mol. The number of ether oxygens (including phenoxy) is 1. The molecule has 2 rings (SSSR count). The predicted molar refractivity (Wildman–Crippen MR) is 80.8 cm³/mol. The molecule has 2 aromatic carbocycles. The maximum atomic E-state index is 10.1. The molecule has 2 aromatic rings. The van der Waals surface area contributed by atoms with Gasteiger partial charge in [-0.25, -0.2) is 0 Å².